The van der Waals surface area contributed by atoms with Gasteiger partial charge in [0, 0.05) is 26.0 Å². The Morgan fingerprint density at radius 3 is 2.86 bits per heavy atom. The van der Waals surface area contributed by atoms with Crippen molar-refractivity contribution in [3.05, 3.63) is 0 Å². The number of carbonyl (C=O) groups excluding carboxylic acids is 1. The lowest BCUT2D eigenvalue weighted by molar-refractivity contribution is -0.121. The maximum absolute atomic E-state index is 11.2. The van der Waals surface area contributed by atoms with E-state index in [1.807, 2.05) is 6.92 Å². The van der Waals surface area contributed by atoms with E-state index in [2.05, 4.69) is 11.2 Å². The number of aliphatic hydroxyl groups is 1. The van der Waals surface area contributed by atoms with Crippen molar-refractivity contribution >= 4 is 5.91 Å². The van der Waals surface area contributed by atoms with Gasteiger partial charge in [-0.3, -0.25) is 4.79 Å². The summed E-state index contributed by atoms with van der Waals surface area (Å²) in [6.45, 7) is 2.54. The summed E-state index contributed by atoms with van der Waals surface area (Å²) in [7, 11) is 0. The van der Waals surface area contributed by atoms with E-state index in [1.165, 1.54) is 0 Å². The van der Waals surface area contributed by atoms with Crippen molar-refractivity contribution < 1.29 is 9.90 Å². The molecule has 0 spiro atoms. The van der Waals surface area contributed by atoms with E-state index in [9.17, 15) is 4.79 Å². The van der Waals surface area contributed by atoms with Gasteiger partial charge in [0.05, 0.1) is 0 Å². The third-order valence-electron chi connectivity index (χ3n) is 1.93. The quantitative estimate of drug-likeness (QED) is 0.471. The first-order valence-corrected chi connectivity index (χ1v) is 5.01. The molecule has 0 aliphatic carbocycles. The predicted octanol–water partition coefficient (Wildman–Crippen LogP) is 0.925. The van der Waals surface area contributed by atoms with Gasteiger partial charge in [0.1, 0.15) is 0 Å². The Kier molecular flexibility index (Phi) is 7.96. The summed E-state index contributed by atoms with van der Waals surface area (Å²) in [6, 6.07) is 0. The number of nitrogens with one attached hydrogen (secondary N) is 1. The van der Waals surface area contributed by atoms with Crippen LogP contribution in [0, 0.1) is 18.3 Å². The zero-order chi connectivity index (χ0) is 10.8. The molecule has 1 unspecified atom stereocenters. The standard InChI is InChI=1S/C11H19NO2/c1-3-4-5-6-7-11(14)12-8-10(2)9-13/h1,10,13H,4-9H2,2H3,(H,12,14). The molecule has 3 heteroatoms. The molecule has 80 valence electrons. The normalized spacial score (nSPS) is 11.8. The molecule has 0 saturated heterocycles. The number of aliphatic hydroxyl groups excluding tert-OH is 1. The third-order valence-corrected chi connectivity index (χ3v) is 1.93. The maximum atomic E-state index is 11.2. The van der Waals surface area contributed by atoms with Crippen LogP contribution in [0.15, 0.2) is 0 Å². The first-order valence-electron chi connectivity index (χ1n) is 5.01. The lowest BCUT2D eigenvalue weighted by Crippen LogP contribution is -2.29. The highest BCUT2D eigenvalue weighted by molar-refractivity contribution is 5.75. The predicted molar refractivity (Wildman–Crippen MR) is 56.6 cm³/mol. The minimum atomic E-state index is 0.0438. The number of carbonyl (C=O) groups is 1. The number of unbranched alkanes of at least 4 members (excludes halogenated alkanes) is 2. The Balaban J connectivity index is 3.33. The molecule has 0 saturated carbocycles. The second kappa shape index (κ2) is 8.58. The number of terminal acetylenes is 1. The van der Waals surface area contributed by atoms with Crippen LogP contribution in [-0.4, -0.2) is 24.2 Å². The van der Waals surface area contributed by atoms with Crippen LogP contribution in [0.1, 0.15) is 32.6 Å². The second-order valence-electron chi connectivity index (χ2n) is 3.50. The average molecular weight is 197 g/mol. The third kappa shape index (κ3) is 7.63. The van der Waals surface area contributed by atoms with E-state index in [0.29, 0.717) is 13.0 Å². The number of hydrogen-bond acceptors (Lipinski definition) is 2. The van der Waals surface area contributed by atoms with Crippen molar-refractivity contribution in [2.24, 2.45) is 5.92 Å². The molecule has 0 fully saturated rings. The molecule has 0 heterocycles. The highest BCUT2D eigenvalue weighted by Gasteiger charge is 2.03. The fourth-order valence-electron chi connectivity index (χ4n) is 0.954. The Morgan fingerprint density at radius 2 is 2.29 bits per heavy atom. The number of amides is 1. The molecular formula is C11H19NO2. The van der Waals surface area contributed by atoms with E-state index in [-0.39, 0.29) is 18.4 Å². The minimum absolute atomic E-state index is 0.0438. The Hall–Kier alpha value is -1.01. The minimum Gasteiger partial charge on any atom is -0.396 e. The monoisotopic (exact) mass is 197 g/mol. The Bertz CT molecular complexity index is 196. The maximum Gasteiger partial charge on any atom is 0.220 e. The van der Waals surface area contributed by atoms with Gasteiger partial charge in [0.2, 0.25) is 5.91 Å². The van der Waals surface area contributed by atoms with E-state index in [0.717, 1.165) is 19.3 Å². The van der Waals surface area contributed by atoms with Gasteiger partial charge in [-0.05, 0) is 18.8 Å². The second-order valence-corrected chi connectivity index (χ2v) is 3.50. The van der Waals surface area contributed by atoms with E-state index in [1.54, 1.807) is 0 Å². The van der Waals surface area contributed by atoms with Crippen molar-refractivity contribution in [1.29, 1.82) is 0 Å². The van der Waals surface area contributed by atoms with Crippen LogP contribution in [0.5, 0.6) is 0 Å². The largest absolute Gasteiger partial charge is 0.396 e. The van der Waals surface area contributed by atoms with Crippen LogP contribution in [0.4, 0.5) is 0 Å². The molecule has 0 radical (unpaired) electrons. The lowest BCUT2D eigenvalue weighted by Gasteiger charge is -2.08. The molecular weight excluding hydrogens is 178 g/mol. The summed E-state index contributed by atoms with van der Waals surface area (Å²) in [4.78, 5) is 11.2. The van der Waals surface area contributed by atoms with Crippen molar-refractivity contribution in [1.82, 2.24) is 5.32 Å². The van der Waals surface area contributed by atoms with Gasteiger partial charge in [-0.15, -0.1) is 12.3 Å². The van der Waals surface area contributed by atoms with Gasteiger partial charge < -0.3 is 10.4 Å². The van der Waals surface area contributed by atoms with Crippen LogP contribution in [0.3, 0.4) is 0 Å². The average Bonchev–Trinajstić information content (AvgIpc) is 2.21. The van der Waals surface area contributed by atoms with Crippen LogP contribution in [0.25, 0.3) is 0 Å². The molecule has 0 rings (SSSR count). The Labute approximate surface area is 85.9 Å². The van der Waals surface area contributed by atoms with Crippen molar-refractivity contribution in [2.45, 2.75) is 32.6 Å². The number of rotatable bonds is 7. The zero-order valence-corrected chi connectivity index (χ0v) is 8.75. The van der Waals surface area contributed by atoms with Gasteiger partial charge >= 0.3 is 0 Å². The van der Waals surface area contributed by atoms with Crippen LogP contribution < -0.4 is 5.32 Å². The summed E-state index contributed by atoms with van der Waals surface area (Å²) >= 11 is 0. The van der Waals surface area contributed by atoms with Crippen LogP contribution >= 0.6 is 0 Å². The van der Waals surface area contributed by atoms with Gasteiger partial charge in [0.15, 0.2) is 0 Å². The summed E-state index contributed by atoms with van der Waals surface area (Å²) in [5, 5.41) is 11.5. The lowest BCUT2D eigenvalue weighted by atomic mass is 10.1. The highest BCUT2D eigenvalue weighted by Crippen LogP contribution is 1.98. The molecule has 0 aromatic rings. The topological polar surface area (TPSA) is 49.3 Å². The first kappa shape index (κ1) is 13.0. The summed E-state index contributed by atoms with van der Waals surface area (Å²) in [5.74, 6) is 2.71. The van der Waals surface area contributed by atoms with Gasteiger partial charge in [-0.25, -0.2) is 0 Å². The molecule has 14 heavy (non-hydrogen) atoms. The molecule has 0 aromatic heterocycles. The van der Waals surface area contributed by atoms with Crippen LogP contribution in [-0.2, 0) is 4.79 Å². The molecule has 0 aliphatic heterocycles. The summed E-state index contributed by atoms with van der Waals surface area (Å²) in [5.41, 5.74) is 0. The van der Waals surface area contributed by atoms with E-state index < -0.39 is 0 Å². The van der Waals surface area contributed by atoms with Crippen molar-refractivity contribution in [2.75, 3.05) is 13.2 Å². The zero-order valence-electron chi connectivity index (χ0n) is 8.75. The van der Waals surface area contributed by atoms with E-state index in [4.69, 9.17) is 11.5 Å². The molecule has 0 bridgehead atoms. The van der Waals surface area contributed by atoms with Crippen LogP contribution in [0.2, 0.25) is 0 Å². The Morgan fingerprint density at radius 1 is 1.57 bits per heavy atom. The smallest absolute Gasteiger partial charge is 0.220 e. The molecule has 1 atom stereocenters. The summed E-state index contributed by atoms with van der Waals surface area (Å²) in [6.07, 6.45) is 8.09. The van der Waals surface area contributed by atoms with Gasteiger partial charge in [0.25, 0.3) is 0 Å². The molecule has 0 aliphatic rings. The molecule has 0 aromatic carbocycles. The van der Waals surface area contributed by atoms with Crippen molar-refractivity contribution in [3.63, 3.8) is 0 Å². The fraction of sp³-hybridized carbons (Fsp3) is 0.727. The van der Waals surface area contributed by atoms with Gasteiger partial charge in [-0.2, -0.15) is 0 Å². The van der Waals surface area contributed by atoms with Crippen molar-refractivity contribution in [3.8, 4) is 12.3 Å². The number of hydrogen-bond donors (Lipinski definition) is 2. The van der Waals surface area contributed by atoms with E-state index >= 15 is 0 Å². The molecule has 3 nitrogen and oxygen atoms in total. The summed E-state index contributed by atoms with van der Waals surface area (Å²) < 4.78 is 0. The van der Waals surface area contributed by atoms with Gasteiger partial charge in [-0.1, -0.05) is 6.92 Å². The fourth-order valence-corrected chi connectivity index (χ4v) is 0.954. The SMILES string of the molecule is C#CCCCCC(=O)NCC(C)CO. The first-order chi connectivity index (χ1) is 6.70. The highest BCUT2D eigenvalue weighted by atomic mass is 16.3. The molecule has 2 N–H and O–H groups in total. The molecule has 1 amide bonds.